The molecular formula is C19H24BrN3O4S. The Hall–Kier alpha value is -1.68. The molecule has 7 nitrogen and oxygen atoms in total. The number of ether oxygens (including phenoxy) is 3. The Balaban J connectivity index is 1.67. The molecule has 0 radical (unpaired) electrons. The molecule has 1 fully saturated rings. The van der Waals surface area contributed by atoms with Gasteiger partial charge >= 0.3 is 0 Å². The van der Waals surface area contributed by atoms with Crippen molar-refractivity contribution >= 4 is 38.3 Å². The molecule has 1 N–H and O–H groups in total. The maximum Gasteiger partial charge on any atom is 0.257 e. The quantitative estimate of drug-likeness (QED) is 0.693. The van der Waals surface area contributed by atoms with Gasteiger partial charge in [0.25, 0.3) is 5.91 Å². The van der Waals surface area contributed by atoms with E-state index in [4.69, 9.17) is 14.2 Å². The van der Waals surface area contributed by atoms with Crippen LogP contribution in [0.15, 0.2) is 22.0 Å². The Kier molecular flexibility index (Phi) is 6.92. The number of aromatic nitrogens is 1. The second-order valence-corrected chi connectivity index (χ2v) is 8.40. The van der Waals surface area contributed by atoms with Gasteiger partial charge in [-0.3, -0.25) is 15.0 Å². The van der Waals surface area contributed by atoms with Gasteiger partial charge in [0.05, 0.1) is 32.1 Å². The minimum atomic E-state index is -0.265. The SMILES string of the molecule is COc1cc(C(=O)Nc2nc(CN3C[C@@H](C)O[C@H](C)C3)cs2)cc(OC)c1Br. The number of amides is 1. The lowest BCUT2D eigenvalue weighted by atomic mass is 10.2. The molecule has 1 aromatic carbocycles. The first-order chi connectivity index (χ1) is 13.4. The number of hydrogen-bond donors (Lipinski definition) is 1. The fraction of sp³-hybridized carbons (Fsp3) is 0.474. The number of carbonyl (C=O) groups excluding carboxylic acids is 1. The average molecular weight is 470 g/mol. The normalized spacial score (nSPS) is 20.0. The maximum absolute atomic E-state index is 12.6. The number of methoxy groups -OCH3 is 2. The first-order valence-electron chi connectivity index (χ1n) is 8.94. The van der Waals surface area contributed by atoms with E-state index in [0.717, 1.165) is 25.3 Å². The Morgan fingerprint density at radius 1 is 1.29 bits per heavy atom. The van der Waals surface area contributed by atoms with Crippen molar-refractivity contribution in [2.24, 2.45) is 0 Å². The lowest BCUT2D eigenvalue weighted by Crippen LogP contribution is -2.44. The standard InChI is InChI=1S/C19H24BrN3O4S/c1-11-7-23(8-12(2)27-11)9-14-10-28-19(21-14)22-18(24)13-5-15(25-3)17(20)16(6-13)26-4/h5-6,10-12H,7-9H2,1-4H3,(H,21,22,24)/t11-,12-/m1/s1. The zero-order chi connectivity index (χ0) is 20.3. The van der Waals surface area contributed by atoms with E-state index in [1.807, 2.05) is 5.38 Å². The van der Waals surface area contributed by atoms with E-state index in [0.29, 0.717) is 26.7 Å². The second kappa shape index (κ2) is 9.21. The van der Waals surface area contributed by atoms with Crippen LogP contribution in [0.2, 0.25) is 0 Å². The number of morpholine rings is 1. The highest BCUT2D eigenvalue weighted by molar-refractivity contribution is 9.10. The number of nitrogens with zero attached hydrogens (tertiary/aromatic N) is 2. The summed E-state index contributed by atoms with van der Waals surface area (Å²) in [5.41, 5.74) is 1.37. The number of carbonyl (C=O) groups is 1. The van der Waals surface area contributed by atoms with Crippen LogP contribution in [-0.4, -0.2) is 55.3 Å². The van der Waals surface area contributed by atoms with Crippen LogP contribution in [0.25, 0.3) is 0 Å². The molecule has 1 amide bonds. The molecule has 2 atom stereocenters. The summed E-state index contributed by atoms with van der Waals surface area (Å²) in [6.07, 6.45) is 0.424. The van der Waals surface area contributed by atoms with Gasteiger partial charge in [0.2, 0.25) is 0 Å². The summed E-state index contributed by atoms with van der Waals surface area (Å²) in [5, 5.41) is 5.39. The molecule has 152 valence electrons. The molecule has 0 spiro atoms. The van der Waals surface area contributed by atoms with Gasteiger partial charge in [0.1, 0.15) is 16.0 Å². The van der Waals surface area contributed by atoms with Crippen molar-refractivity contribution in [1.82, 2.24) is 9.88 Å². The van der Waals surface area contributed by atoms with Crippen LogP contribution in [0.1, 0.15) is 29.9 Å². The van der Waals surface area contributed by atoms with E-state index < -0.39 is 0 Å². The highest BCUT2D eigenvalue weighted by Crippen LogP contribution is 2.35. The number of hydrogen-bond acceptors (Lipinski definition) is 7. The lowest BCUT2D eigenvalue weighted by Gasteiger charge is -2.34. The van der Waals surface area contributed by atoms with Crippen LogP contribution in [0.5, 0.6) is 11.5 Å². The van der Waals surface area contributed by atoms with Crippen LogP contribution in [0, 0.1) is 0 Å². The molecule has 1 aromatic heterocycles. The zero-order valence-electron chi connectivity index (χ0n) is 16.3. The van der Waals surface area contributed by atoms with Crippen molar-refractivity contribution in [3.05, 3.63) is 33.2 Å². The van der Waals surface area contributed by atoms with Crippen molar-refractivity contribution in [2.75, 3.05) is 32.6 Å². The van der Waals surface area contributed by atoms with Gasteiger partial charge < -0.3 is 14.2 Å². The van der Waals surface area contributed by atoms with Crippen LogP contribution in [0.4, 0.5) is 5.13 Å². The Morgan fingerprint density at radius 2 is 1.89 bits per heavy atom. The van der Waals surface area contributed by atoms with Gasteiger partial charge in [0, 0.05) is 30.6 Å². The van der Waals surface area contributed by atoms with Crippen molar-refractivity contribution in [3.63, 3.8) is 0 Å². The fourth-order valence-electron chi connectivity index (χ4n) is 3.25. The summed E-state index contributed by atoms with van der Waals surface area (Å²) in [4.78, 5) is 19.5. The molecule has 9 heteroatoms. The minimum Gasteiger partial charge on any atom is -0.495 e. The number of halogens is 1. The Morgan fingerprint density at radius 3 is 2.46 bits per heavy atom. The molecule has 1 saturated heterocycles. The van der Waals surface area contributed by atoms with Gasteiger partial charge in [-0.15, -0.1) is 11.3 Å². The average Bonchev–Trinajstić information content (AvgIpc) is 3.07. The van der Waals surface area contributed by atoms with E-state index >= 15 is 0 Å². The zero-order valence-corrected chi connectivity index (χ0v) is 18.7. The highest BCUT2D eigenvalue weighted by atomic mass is 79.9. The van der Waals surface area contributed by atoms with Gasteiger partial charge in [-0.2, -0.15) is 0 Å². The first-order valence-corrected chi connectivity index (χ1v) is 10.6. The lowest BCUT2D eigenvalue weighted by molar-refractivity contribution is -0.0707. The molecule has 0 bridgehead atoms. The molecule has 1 aliphatic rings. The van der Waals surface area contributed by atoms with E-state index in [-0.39, 0.29) is 18.1 Å². The topological polar surface area (TPSA) is 72.9 Å². The summed E-state index contributed by atoms with van der Waals surface area (Å²) in [6, 6.07) is 3.32. The predicted molar refractivity (Wildman–Crippen MR) is 113 cm³/mol. The van der Waals surface area contributed by atoms with Crippen LogP contribution in [0.3, 0.4) is 0 Å². The van der Waals surface area contributed by atoms with Crippen LogP contribution >= 0.6 is 27.3 Å². The number of anilines is 1. The third kappa shape index (κ3) is 5.02. The molecule has 0 saturated carbocycles. The van der Waals surface area contributed by atoms with Gasteiger partial charge in [-0.05, 0) is 41.9 Å². The second-order valence-electron chi connectivity index (χ2n) is 6.74. The number of thiazole rings is 1. The molecule has 0 aliphatic carbocycles. The molecule has 2 aromatic rings. The Labute approximate surface area is 177 Å². The summed E-state index contributed by atoms with van der Waals surface area (Å²) in [6.45, 7) is 6.65. The van der Waals surface area contributed by atoms with Crippen molar-refractivity contribution in [1.29, 1.82) is 0 Å². The number of nitrogens with one attached hydrogen (secondary N) is 1. The van der Waals surface area contributed by atoms with Gasteiger partial charge in [0.15, 0.2) is 5.13 Å². The number of rotatable bonds is 6. The fourth-order valence-corrected chi connectivity index (χ4v) is 4.50. The molecular weight excluding hydrogens is 446 g/mol. The smallest absolute Gasteiger partial charge is 0.257 e. The van der Waals surface area contributed by atoms with Crippen LogP contribution < -0.4 is 14.8 Å². The third-order valence-electron chi connectivity index (χ3n) is 4.36. The predicted octanol–water partition coefficient (Wildman–Crippen LogP) is 3.78. The molecule has 0 unspecified atom stereocenters. The monoisotopic (exact) mass is 469 g/mol. The molecule has 1 aliphatic heterocycles. The molecule has 28 heavy (non-hydrogen) atoms. The summed E-state index contributed by atoms with van der Waals surface area (Å²) < 4.78 is 17.0. The van der Waals surface area contributed by atoms with E-state index in [2.05, 4.69) is 45.0 Å². The first kappa shape index (κ1) is 21.0. The summed E-state index contributed by atoms with van der Waals surface area (Å²) in [5.74, 6) is 0.790. The van der Waals surface area contributed by atoms with E-state index in [9.17, 15) is 4.79 Å². The number of benzene rings is 1. The largest absolute Gasteiger partial charge is 0.495 e. The third-order valence-corrected chi connectivity index (χ3v) is 5.95. The van der Waals surface area contributed by atoms with Crippen molar-refractivity contribution < 1.29 is 19.0 Å². The van der Waals surface area contributed by atoms with E-state index in [1.54, 1.807) is 26.4 Å². The van der Waals surface area contributed by atoms with E-state index in [1.165, 1.54) is 11.3 Å². The van der Waals surface area contributed by atoms with Gasteiger partial charge in [-0.25, -0.2) is 4.98 Å². The molecule has 2 heterocycles. The molecule has 3 rings (SSSR count). The van der Waals surface area contributed by atoms with Crippen molar-refractivity contribution in [2.45, 2.75) is 32.6 Å². The minimum absolute atomic E-state index is 0.212. The van der Waals surface area contributed by atoms with Crippen LogP contribution in [-0.2, 0) is 11.3 Å². The van der Waals surface area contributed by atoms with Crippen molar-refractivity contribution in [3.8, 4) is 11.5 Å². The Bertz CT molecular complexity index is 809. The summed E-state index contributed by atoms with van der Waals surface area (Å²) >= 11 is 4.82. The highest BCUT2D eigenvalue weighted by Gasteiger charge is 2.23. The maximum atomic E-state index is 12.6. The van der Waals surface area contributed by atoms with Gasteiger partial charge in [-0.1, -0.05) is 0 Å². The summed E-state index contributed by atoms with van der Waals surface area (Å²) in [7, 11) is 3.09.